The molecule has 0 radical (unpaired) electrons. The smallest absolute Gasteiger partial charge is 0.264 e. The number of aryl methyl sites for hydroxylation is 1. The first-order chi connectivity index (χ1) is 9.29. The van der Waals surface area contributed by atoms with E-state index in [1.165, 1.54) is 18.4 Å². The van der Waals surface area contributed by atoms with Gasteiger partial charge in [-0.15, -0.1) is 0 Å². The lowest BCUT2D eigenvalue weighted by Gasteiger charge is -2.07. The highest BCUT2D eigenvalue weighted by atomic mass is 16.5. The van der Waals surface area contributed by atoms with Crippen molar-refractivity contribution in [3.8, 4) is 5.75 Å². The van der Waals surface area contributed by atoms with Crippen molar-refractivity contribution in [2.45, 2.75) is 39.0 Å². The van der Waals surface area contributed by atoms with E-state index in [2.05, 4.69) is 21.5 Å². The maximum atomic E-state index is 5.64. The van der Waals surface area contributed by atoms with E-state index >= 15 is 0 Å². The van der Waals surface area contributed by atoms with Gasteiger partial charge >= 0.3 is 0 Å². The summed E-state index contributed by atoms with van der Waals surface area (Å²) in [6.07, 6.45) is 2.60. The SMILES string of the molecule is Cc1noc(COc2cccc(CNC3CC3)c2)n1. The Morgan fingerprint density at radius 3 is 3.05 bits per heavy atom. The van der Waals surface area contributed by atoms with Crippen LogP contribution in [0.2, 0.25) is 0 Å². The summed E-state index contributed by atoms with van der Waals surface area (Å²) in [6.45, 7) is 2.99. The fourth-order valence-electron chi connectivity index (χ4n) is 1.84. The van der Waals surface area contributed by atoms with Crippen LogP contribution < -0.4 is 10.1 Å². The average Bonchev–Trinajstić information content (AvgIpc) is 3.16. The van der Waals surface area contributed by atoms with Gasteiger partial charge in [-0.3, -0.25) is 0 Å². The largest absolute Gasteiger partial charge is 0.484 e. The quantitative estimate of drug-likeness (QED) is 0.861. The highest BCUT2D eigenvalue weighted by molar-refractivity contribution is 5.28. The van der Waals surface area contributed by atoms with E-state index in [-0.39, 0.29) is 0 Å². The number of hydrogen-bond donors (Lipinski definition) is 1. The Morgan fingerprint density at radius 2 is 2.32 bits per heavy atom. The van der Waals surface area contributed by atoms with E-state index in [1.807, 2.05) is 18.2 Å². The van der Waals surface area contributed by atoms with E-state index in [4.69, 9.17) is 9.26 Å². The molecule has 5 heteroatoms. The molecule has 100 valence electrons. The van der Waals surface area contributed by atoms with Crippen LogP contribution in [0.4, 0.5) is 0 Å². The predicted molar refractivity (Wildman–Crippen MR) is 69.7 cm³/mol. The van der Waals surface area contributed by atoms with Crippen LogP contribution >= 0.6 is 0 Å². The molecule has 1 aliphatic carbocycles. The van der Waals surface area contributed by atoms with Crippen molar-refractivity contribution in [2.75, 3.05) is 0 Å². The molecular formula is C14H17N3O2. The van der Waals surface area contributed by atoms with E-state index in [0.29, 0.717) is 24.4 Å². The summed E-state index contributed by atoms with van der Waals surface area (Å²) in [5, 5.41) is 7.21. The molecule has 0 aliphatic heterocycles. The summed E-state index contributed by atoms with van der Waals surface area (Å²) in [6, 6.07) is 8.78. The zero-order valence-electron chi connectivity index (χ0n) is 10.9. The van der Waals surface area contributed by atoms with Gasteiger partial charge in [-0.2, -0.15) is 4.98 Å². The second-order valence-electron chi connectivity index (χ2n) is 4.83. The first-order valence-corrected chi connectivity index (χ1v) is 6.54. The Bertz CT molecular complexity index is 549. The van der Waals surface area contributed by atoms with Crippen LogP contribution in [-0.2, 0) is 13.2 Å². The molecule has 1 aromatic heterocycles. The van der Waals surface area contributed by atoms with Crippen LogP contribution in [0.3, 0.4) is 0 Å². The molecule has 0 spiro atoms. The molecule has 1 saturated carbocycles. The molecule has 5 nitrogen and oxygen atoms in total. The summed E-state index contributed by atoms with van der Waals surface area (Å²) in [5.41, 5.74) is 1.23. The van der Waals surface area contributed by atoms with Crippen molar-refractivity contribution in [1.82, 2.24) is 15.5 Å². The molecule has 0 unspecified atom stereocenters. The normalized spacial score (nSPS) is 14.6. The van der Waals surface area contributed by atoms with Crippen LogP contribution in [0.25, 0.3) is 0 Å². The van der Waals surface area contributed by atoms with Gasteiger partial charge in [0.1, 0.15) is 5.75 Å². The van der Waals surface area contributed by atoms with E-state index in [1.54, 1.807) is 6.92 Å². The Balaban J connectivity index is 1.55. The Morgan fingerprint density at radius 1 is 1.42 bits per heavy atom. The number of ether oxygens (including phenoxy) is 1. The van der Waals surface area contributed by atoms with Gasteiger partial charge in [0.2, 0.25) is 0 Å². The molecule has 0 atom stereocenters. The number of rotatable bonds is 6. The van der Waals surface area contributed by atoms with Crippen LogP contribution in [0, 0.1) is 6.92 Å². The van der Waals surface area contributed by atoms with Crippen molar-refractivity contribution in [2.24, 2.45) is 0 Å². The molecule has 1 aromatic carbocycles. The maximum absolute atomic E-state index is 5.64. The lowest BCUT2D eigenvalue weighted by Crippen LogP contribution is -2.15. The third kappa shape index (κ3) is 3.54. The number of hydrogen-bond acceptors (Lipinski definition) is 5. The first-order valence-electron chi connectivity index (χ1n) is 6.54. The van der Waals surface area contributed by atoms with Gasteiger partial charge in [0.25, 0.3) is 5.89 Å². The summed E-state index contributed by atoms with van der Waals surface area (Å²) in [7, 11) is 0. The minimum absolute atomic E-state index is 0.306. The molecule has 2 aromatic rings. The van der Waals surface area contributed by atoms with Gasteiger partial charge < -0.3 is 14.6 Å². The van der Waals surface area contributed by atoms with Gasteiger partial charge in [-0.1, -0.05) is 17.3 Å². The molecule has 3 rings (SSSR count). The summed E-state index contributed by atoms with van der Waals surface area (Å²) < 4.78 is 10.6. The monoisotopic (exact) mass is 259 g/mol. The Kier molecular flexibility index (Phi) is 3.46. The lowest BCUT2D eigenvalue weighted by molar-refractivity contribution is 0.242. The van der Waals surface area contributed by atoms with Gasteiger partial charge in [-0.05, 0) is 37.5 Å². The minimum atomic E-state index is 0.306. The van der Waals surface area contributed by atoms with Gasteiger partial charge in [-0.25, -0.2) is 0 Å². The highest BCUT2D eigenvalue weighted by Crippen LogP contribution is 2.20. The predicted octanol–water partition coefficient (Wildman–Crippen LogP) is 2.21. The third-order valence-electron chi connectivity index (χ3n) is 3.00. The molecule has 1 heterocycles. The first kappa shape index (κ1) is 12.2. The number of benzene rings is 1. The Hall–Kier alpha value is -1.88. The van der Waals surface area contributed by atoms with Crippen molar-refractivity contribution < 1.29 is 9.26 Å². The Labute approximate surface area is 112 Å². The van der Waals surface area contributed by atoms with Gasteiger partial charge in [0.05, 0.1) is 0 Å². The van der Waals surface area contributed by atoms with Crippen LogP contribution in [0.5, 0.6) is 5.75 Å². The maximum Gasteiger partial charge on any atom is 0.264 e. The fourth-order valence-corrected chi connectivity index (χ4v) is 1.84. The second-order valence-corrected chi connectivity index (χ2v) is 4.83. The van der Waals surface area contributed by atoms with Crippen molar-refractivity contribution in [3.63, 3.8) is 0 Å². The van der Waals surface area contributed by atoms with E-state index in [9.17, 15) is 0 Å². The van der Waals surface area contributed by atoms with E-state index < -0.39 is 0 Å². The highest BCUT2D eigenvalue weighted by Gasteiger charge is 2.19. The molecule has 1 aliphatic rings. The summed E-state index contributed by atoms with van der Waals surface area (Å²) in [5.74, 6) is 1.95. The summed E-state index contributed by atoms with van der Waals surface area (Å²) >= 11 is 0. The molecule has 1 fully saturated rings. The van der Waals surface area contributed by atoms with Gasteiger partial charge in [0.15, 0.2) is 12.4 Å². The standard InChI is InChI=1S/C14H17N3O2/c1-10-16-14(19-17-10)9-18-13-4-2-3-11(7-13)8-15-12-5-6-12/h2-4,7,12,15H,5-6,8-9H2,1H3. The third-order valence-corrected chi connectivity index (χ3v) is 3.00. The zero-order valence-corrected chi connectivity index (χ0v) is 10.9. The van der Waals surface area contributed by atoms with Gasteiger partial charge in [0, 0.05) is 12.6 Å². The summed E-state index contributed by atoms with van der Waals surface area (Å²) in [4.78, 5) is 4.10. The zero-order chi connectivity index (χ0) is 13.1. The lowest BCUT2D eigenvalue weighted by atomic mass is 10.2. The number of nitrogens with one attached hydrogen (secondary N) is 1. The number of aromatic nitrogens is 2. The molecule has 0 bridgehead atoms. The topological polar surface area (TPSA) is 60.2 Å². The molecular weight excluding hydrogens is 242 g/mol. The average molecular weight is 259 g/mol. The molecule has 19 heavy (non-hydrogen) atoms. The molecule has 1 N–H and O–H groups in total. The number of nitrogens with zero attached hydrogens (tertiary/aromatic N) is 2. The van der Waals surface area contributed by atoms with Crippen molar-refractivity contribution in [1.29, 1.82) is 0 Å². The molecule has 0 amide bonds. The van der Waals surface area contributed by atoms with E-state index in [0.717, 1.165) is 12.3 Å². The van der Waals surface area contributed by atoms with Crippen molar-refractivity contribution in [3.05, 3.63) is 41.5 Å². The molecule has 0 saturated heterocycles. The fraction of sp³-hybridized carbons (Fsp3) is 0.429. The van der Waals surface area contributed by atoms with Crippen LogP contribution in [0.1, 0.15) is 30.1 Å². The minimum Gasteiger partial charge on any atom is -0.484 e. The van der Waals surface area contributed by atoms with Crippen LogP contribution in [-0.4, -0.2) is 16.2 Å². The second kappa shape index (κ2) is 5.40. The van der Waals surface area contributed by atoms with Crippen LogP contribution in [0.15, 0.2) is 28.8 Å². The van der Waals surface area contributed by atoms with Crippen molar-refractivity contribution >= 4 is 0 Å².